The summed E-state index contributed by atoms with van der Waals surface area (Å²) >= 11 is 0. The highest BCUT2D eigenvalue weighted by molar-refractivity contribution is 5.32. The smallest absolute Gasteiger partial charge is 0.129 e. The summed E-state index contributed by atoms with van der Waals surface area (Å²) in [5, 5.41) is 18.4. The summed E-state index contributed by atoms with van der Waals surface area (Å²) in [6, 6.07) is 7.02. The molecule has 1 saturated heterocycles. The van der Waals surface area contributed by atoms with Crippen molar-refractivity contribution in [3.63, 3.8) is 0 Å². The lowest BCUT2D eigenvalue weighted by Gasteiger charge is -2.41. The summed E-state index contributed by atoms with van der Waals surface area (Å²) < 4.78 is 14.0. The molecule has 0 bridgehead atoms. The number of piperazine rings is 1. The number of aliphatic hydroxyl groups is 1. The summed E-state index contributed by atoms with van der Waals surface area (Å²) in [6.45, 7) is 7.84. The first kappa shape index (κ1) is 16.9. The predicted octanol–water partition coefficient (Wildman–Crippen LogP) is 1.97. The van der Waals surface area contributed by atoms with E-state index < -0.39 is 0 Å². The third-order valence-electron chi connectivity index (χ3n) is 4.23. The van der Waals surface area contributed by atoms with Crippen LogP contribution in [0.15, 0.2) is 18.2 Å². The van der Waals surface area contributed by atoms with Gasteiger partial charge in [0.05, 0.1) is 17.7 Å². The van der Waals surface area contributed by atoms with Crippen LogP contribution in [0.2, 0.25) is 0 Å². The van der Waals surface area contributed by atoms with E-state index in [1.54, 1.807) is 12.1 Å². The molecule has 0 aromatic heterocycles. The van der Waals surface area contributed by atoms with E-state index in [4.69, 9.17) is 5.26 Å². The first-order valence-electron chi connectivity index (χ1n) is 7.86. The quantitative estimate of drug-likeness (QED) is 0.904. The van der Waals surface area contributed by atoms with Gasteiger partial charge < -0.3 is 5.11 Å². The maximum atomic E-state index is 14.0. The SMILES string of the molecule is CC[C@H]1CN(Cc2ccc(C#N)cc2F)CCN1C[C@@H](C)O. The van der Waals surface area contributed by atoms with E-state index in [1.807, 2.05) is 13.0 Å². The van der Waals surface area contributed by atoms with E-state index in [0.29, 0.717) is 30.3 Å². The average molecular weight is 305 g/mol. The molecule has 22 heavy (non-hydrogen) atoms. The minimum atomic E-state index is -0.323. The predicted molar refractivity (Wildman–Crippen MR) is 83.7 cm³/mol. The van der Waals surface area contributed by atoms with Gasteiger partial charge in [0.25, 0.3) is 0 Å². The Kier molecular flexibility index (Phi) is 5.90. The van der Waals surface area contributed by atoms with Crippen LogP contribution in [0.3, 0.4) is 0 Å². The van der Waals surface area contributed by atoms with Crippen molar-refractivity contribution < 1.29 is 9.50 Å². The van der Waals surface area contributed by atoms with Gasteiger partial charge in [0.1, 0.15) is 5.82 Å². The highest BCUT2D eigenvalue weighted by Crippen LogP contribution is 2.18. The van der Waals surface area contributed by atoms with Gasteiger partial charge in [0, 0.05) is 44.3 Å². The summed E-state index contributed by atoms with van der Waals surface area (Å²) in [5.74, 6) is -0.307. The summed E-state index contributed by atoms with van der Waals surface area (Å²) in [6.07, 6.45) is 0.690. The van der Waals surface area contributed by atoms with E-state index in [2.05, 4.69) is 16.7 Å². The molecule has 0 unspecified atom stereocenters. The largest absolute Gasteiger partial charge is 0.392 e. The fourth-order valence-electron chi connectivity index (χ4n) is 3.05. The molecule has 2 rings (SSSR count). The second-order valence-electron chi connectivity index (χ2n) is 6.06. The fraction of sp³-hybridized carbons (Fsp3) is 0.588. The van der Waals surface area contributed by atoms with Crippen LogP contribution in [0.5, 0.6) is 0 Å². The number of aliphatic hydroxyl groups excluding tert-OH is 1. The van der Waals surface area contributed by atoms with Crippen LogP contribution >= 0.6 is 0 Å². The highest BCUT2D eigenvalue weighted by Gasteiger charge is 2.26. The lowest BCUT2D eigenvalue weighted by Crippen LogP contribution is -2.54. The van der Waals surface area contributed by atoms with E-state index in [-0.39, 0.29) is 11.9 Å². The zero-order valence-electron chi connectivity index (χ0n) is 13.3. The third-order valence-corrected chi connectivity index (χ3v) is 4.23. The maximum Gasteiger partial charge on any atom is 0.129 e. The zero-order chi connectivity index (χ0) is 16.1. The number of hydrogen-bond acceptors (Lipinski definition) is 4. The number of nitrogens with zero attached hydrogens (tertiary/aromatic N) is 3. The van der Waals surface area contributed by atoms with E-state index in [9.17, 15) is 9.50 Å². The number of rotatable bonds is 5. The van der Waals surface area contributed by atoms with Crippen LogP contribution in [0, 0.1) is 17.1 Å². The third kappa shape index (κ3) is 4.26. The monoisotopic (exact) mass is 305 g/mol. The van der Waals surface area contributed by atoms with Crippen LogP contribution in [0.4, 0.5) is 4.39 Å². The molecule has 1 aliphatic heterocycles. The molecule has 0 aliphatic carbocycles. The molecule has 0 spiro atoms. The van der Waals surface area contributed by atoms with E-state index in [1.165, 1.54) is 6.07 Å². The summed E-state index contributed by atoms with van der Waals surface area (Å²) in [7, 11) is 0. The Balaban J connectivity index is 1.99. The molecule has 0 amide bonds. The molecular weight excluding hydrogens is 281 g/mol. The van der Waals surface area contributed by atoms with Gasteiger partial charge in [0.15, 0.2) is 0 Å². The first-order chi connectivity index (χ1) is 10.5. The minimum absolute atomic E-state index is 0.307. The minimum Gasteiger partial charge on any atom is -0.392 e. The van der Waals surface area contributed by atoms with Gasteiger partial charge in [-0.25, -0.2) is 4.39 Å². The number of β-amino-alcohol motifs (C(OH)–C–C–N with tert-alkyl or cyclic N) is 1. The molecule has 5 heteroatoms. The topological polar surface area (TPSA) is 50.5 Å². The molecule has 1 N–H and O–H groups in total. The van der Waals surface area contributed by atoms with Crippen LogP contribution in [-0.2, 0) is 6.54 Å². The Hall–Kier alpha value is -1.48. The molecule has 1 aromatic rings. The molecule has 4 nitrogen and oxygen atoms in total. The van der Waals surface area contributed by atoms with Gasteiger partial charge in [-0.2, -0.15) is 5.26 Å². The van der Waals surface area contributed by atoms with Crippen LogP contribution in [-0.4, -0.2) is 53.2 Å². The van der Waals surface area contributed by atoms with Crippen LogP contribution in [0.1, 0.15) is 31.4 Å². The molecule has 2 atom stereocenters. The van der Waals surface area contributed by atoms with Crippen molar-refractivity contribution >= 4 is 0 Å². The van der Waals surface area contributed by atoms with Crippen LogP contribution < -0.4 is 0 Å². The zero-order valence-corrected chi connectivity index (χ0v) is 13.3. The molecule has 1 aliphatic rings. The van der Waals surface area contributed by atoms with Crippen LogP contribution in [0.25, 0.3) is 0 Å². The van der Waals surface area contributed by atoms with Crippen molar-refractivity contribution in [3.8, 4) is 6.07 Å². The standard InChI is InChI=1S/C17H24FN3O/c1-3-16-12-20(6-7-21(16)10-13(2)22)11-15-5-4-14(9-19)8-17(15)18/h4-5,8,13,16,22H,3,6-7,10-12H2,1-2H3/t13-,16+/m1/s1. The van der Waals surface area contributed by atoms with Gasteiger partial charge >= 0.3 is 0 Å². The lowest BCUT2D eigenvalue weighted by atomic mass is 10.1. The summed E-state index contributed by atoms with van der Waals surface area (Å²) in [4.78, 5) is 4.56. The van der Waals surface area contributed by atoms with Crippen molar-refractivity contribution in [1.82, 2.24) is 9.80 Å². The van der Waals surface area contributed by atoms with Gasteiger partial charge in [-0.15, -0.1) is 0 Å². The highest BCUT2D eigenvalue weighted by atomic mass is 19.1. The lowest BCUT2D eigenvalue weighted by molar-refractivity contribution is 0.0334. The van der Waals surface area contributed by atoms with Crippen molar-refractivity contribution in [1.29, 1.82) is 5.26 Å². The number of benzene rings is 1. The Labute approximate surface area is 131 Å². The Morgan fingerprint density at radius 2 is 2.23 bits per heavy atom. The normalized spacial score (nSPS) is 21.5. The van der Waals surface area contributed by atoms with Gasteiger partial charge in [-0.1, -0.05) is 13.0 Å². The number of nitriles is 1. The Morgan fingerprint density at radius 3 is 2.82 bits per heavy atom. The maximum absolute atomic E-state index is 14.0. The molecule has 1 aromatic carbocycles. The van der Waals surface area contributed by atoms with Crippen molar-refractivity contribution in [3.05, 3.63) is 35.1 Å². The Bertz CT molecular complexity index is 541. The van der Waals surface area contributed by atoms with Gasteiger partial charge in [-0.05, 0) is 25.5 Å². The second-order valence-corrected chi connectivity index (χ2v) is 6.06. The van der Waals surface area contributed by atoms with E-state index >= 15 is 0 Å². The average Bonchev–Trinajstić information content (AvgIpc) is 2.50. The first-order valence-corrected chi connectivity index (χ1v) is 7.86. The van der Waals surface area contributed by atoms with Crippen molar-refractivity contribution in [2.75, 3.05) is 26.2 Å². The second kappa shape index (κ2) is 7.68. The van der Waals surface area contributed by atoms with E-state index in [0.717, 1.165) is 26.1 Å². The van der Waals surface area contributed by atoms with Gasteiger partial charge in [0.2, 0.25) is 0 Å². The number of halogens is 1. The molecule has 0 saturated carbocycles. The van der Waals surface area contributed by atoms with Crippen molar-refractivity contribution in [2.45, 2.75) is 39.0 Å². The molecule has 120 valence electrons. The fourth-order valence-corrected chi connectivity index (χ4v) is 3.05. The Morgan fingerprint density at radius 1 is 1.45 bits per heavy atom. The van der Waals surface area contributed by atoms with Crippen molar-refractivity contribution in [2.24, 2.45) is 0 Å². The molecular formula is C17H24FN3O. The number of hydrogen-bond donors (Lipinski definition) is 1. The van der Waals surface area contributed by atoms with Gasteiger partial charge in [-0.3, -0.25) is 9.80 Å². The summed E-state index contributed by atoms with van der Waals surface area (Å²) in [5.41, 5.74) is 0.993. The molecule has 0 radical (unpaired) electrons. The molecule has 1 heterocycles. The molecule has 1 fully saturated rings.